The van der Waals surface area contributed by atoms with Crippen LogP contribution in [-0.4, -0.2) is 18.6 Å². The Hall–Kier alpha value is -1.13. The zero-order chi connectivity index (χ0) is 12.3. The lowest BCUT2D eigenvalue weighted by Gasteiger charge is -2.11. The van der Waals surface area contributed by atoms with Gasteiger partial charge in [0.05, 0.1) is 17.8 Å². The topological polar surface area (TPSA) is 34.1 Å². The molecule has 0 fully saturated rings. The largest absolute Gasteiger partial charge is 0.385 e. The molecule has 0 saturated carbocycles. The van der Waals surface area contributed by atoms with Crippen LogP contribution in [0.1, 0.15) is 12.6 Å². The van der Waals surface area contributed by atoms with E-state index in [4.69, 9.17) is 4.74 Å². The predicted molar refractivity (Wildman–Crippen MR) is 74.3 cm³/mol. The number of para-hydroxylation sites is 1. The quantitative estimate of drug-likeness (QED) is 0.936. The van der Waals surface area contributed by atoms with Gasteiger partial charge in [-0.05, 0) is 35.0 Å². The summed E-state index contributed by atoms with van der Waals surface area (Å²) in [5.41, 5.74) is 3.01. The molecule has 1 N–H and O–H groups in total. The maximum Gasteiger partial charge on any atom is 0.0885 e. The predicted octanol–water partition coefficient (Wildman–Crippen LogP) is 3.58. The molecule has 0 aliphatic carbocycles. The van der Waals surface area contributed by atoms with Crippen molar-refractivity contribution >= 4 is 32.5 Å². The van der Waals surface area contributed by atoms with Gasteiger partial charge in [-0.25, -0.2) is 4.98 Å². The van der Waals surface area contributed by atoms with Crippen LogP contribution in [0.3, 0.4) is 0 Å². The Balaban J connectivity index is 2.63. The molecule has 0 bridgehead atoms. The number of fused-ring (bicyclic) bond motifs is 1. The fourth-order valence-corrected chi connectivity index (χ4v) is 2.28. The van der Waals surface area contributed by atoms with E-state index in [9.17, 15) is 0 Å². The van der Waals surface area contributed by atoms with Gasteiger partial charge >= 0.3 is 0 Å². The van der Waals surface area contributed by atoms with Crippen molar-refractivity contribution in [2.75, 3.05) is 19.0 Å². The SMILES string of the molecule is CCNc1cc(COC)nc2c(Br)cccc12. The van der Waals surface area contributed by atoms with E-state index >= 15 is 0 Å². The molecule has 0 atom stereocenters. The number of nitrogens with zero attached hydrogens (tertiary/aromatic N) is 1. The van der Waals surface area contributed by atoms with E-state index in [0.717, 1.165) is 33.3 Å². The number of rotatable bonds is 4. The molecule has 1 aromatic heterocycles. The van der Waals surface area contributed by atoms with Gasteiger partial charge in [-0.1, -0.05) is 12.1 Å². The molecule has 0 saturated heterocycles. The van der Waals surface area contributed by atoms with Crippen molar-refractivity contribution in [3.63, 3.8) is 0 Å². The Labute approximate surface area is 109 Å². The fourth-order valence-electron chi connectivity index (χ4n) is 1.83. The van der Waals surface area contributed by atoms with Crippen LogP contribution in [0.15, 0.2) is 28.7 Å². The molecule has 0 amide bonds. The molecule has 0 unspecified atom stereocenters. The van der Waals surface area contributed by atoms with Crippen LogP contribution in [-0.2, 0) is 11.3 Å². The lowest BCUT2D eigenvalue weighted by molar-refractivity contribution is 0.182. The molecule has 90 valence electrons. The highest BCUT2D eigenvalue weighted by Gasteiger charge is 2.07. The van der Waals surface area contributed by atoms with Gasteiger partial charge in [0.1, 0.15) is 0 Å². The normalized spacial score (nSPS) is 10.8. The highest BCUT2D eigenvalue weighted by atomic mass is 79.9. The second-order valence-corrected chi connectivity index (χ2v) is 4.61. The summed E-state index contributed by atoms with van der Waals surface area (Å²) in [5.74, 6) is 0. The van der Waals surface area contributed by atoms with E-state index in [-0.39, 0.29) is 0 Å². The van der Waals surface area contributed by atoms with Crippen molar-refractivity contribution in [1.82, 2.24) is 4.98 Å². The number of methoxy groups -OCH3 is 1. The number of hydrogen-bond acceptors (Lipinski definition) is 3. The fraction of sp³-hybridized carbons (Fsp3) is 0.308. The van der Waals surface area contributed by atoms with Crippen molar-refractivity contribution in [1.29, 1.82) is 0 Å². The Morgan fingerprint density at radius 1 is 1.41 bits per heavy atom. The van der Waals surface area contributed by atoms with Gasteiger partial charge in [-0.3, -0.25) is 0 Å². The van der Waals surface area contributed by atoms with Crippen LogP contribution in [0, 0.1) is 0 Å². The summed E-state index contributed by atoms with van der Waals surface area (Å²) < 4.78 is 6.15. The minimum atomic E-state index is 0.523. The Bertz CT molecular complexity index is 528. The van der Waals surface area contributed by atoms with E-state index in [1.807, 2.05) is 18.2 Å². The molecule has 0 radical (unpaired) electrons. The molecule has 1 aromatic carbocycles. The number of benzene rings is 1. The third-order valence-electron chi connectivity index (χ3n) is 2.50. The molecular weight excluding hydrogens is 280 g/mol. The zero-order valence-electron chi connectivity index (χ0n) is 9.96. The number of nitrogens with one attached hydrogen (secondary N) is 1. The molecule has 17 heavy (non-hydrogen) atoms. The summed E-state index contributed by atoms with van der Waals surface area (Å²) in [4.78, 5) is 4.60. The second kappa shape index (κ2) is 5.47. The molecule has 0 spiro atoms. The smallest absolute Gasteiger partial charge is 0.0885 e. The lowest BCUT2D eigenvalue weighted by Crippen LogP contribution is -2.01. The van der Waals surface area contributed by atoms with E-state index in [1.54, 1.807) is 7.11 Å². The van der Waals surface area contributed by atoms with Crippen molar-refractivity contribution < 1.29 is 4.74 Å². The number of ether oxygens (including phenoxy) is 1. The Morgan fingerprint density at radius 3 is 2.94 bits per heavy atom. The van der Waals surface area contributed by atoms with Crippen molar-refractivity contribution in [3.8, 4) is 0 Å². The first kappa shape index (κ1) is 12.3. The van der Waals surface area contributed by atoms with Crippen molar-refractivity contribution in [2.45, 2.75) is 13.5 Å². The van der Waals surface area contributed by atoms with Crippen LogP contribution in [0.25, 0.3) is 10.9 Å². The summed E-state index contributed by atoms with van der Waals surface area (Å²) in [6, 6.07) is 8.13. The number of pyridine rings is 1. The average molecular weight is 295 g/mol. The van der Waals surface area contributed by atoms with Crippen molar-refractivity contribution in [2.24, 2.45) is 0 Å². The van der Waals surface area contributed by atoms with E-state index < -0.39 is 0 Å². The monoisotopic (exact) mass is 294 g/mol. The van der Waals surface area contributed by atoms with Crippen molar-refractivity contribution in [3.05, 3.63) is 34.4 Å². The molecule has 1 heterocycles. The van der Waals surface area contributed by atoms with E-state index in [1.165, 1.54) is 0 Å². The highest BCUT2D eigenvalue weighted by Crippen LogP contribution is 2.28. The van der Waals surface area contributed by atoms with Gasteiger partial charge in [0.25, 0.3) is 0 Å². The van der Waals surface area contributed by atoms with Gasteiger partial charge in [0.15, 0.2) is 0 Å². The highest BCUT2D eigenvalue weighted by molar-refractivity contribution is 9.10. The summed E-state index contributed by atoms with van der Waals surface area (Å²) in [5, 5.41) is 4.49. The second-order valence-electron chi connectivity index (χ2n) is 3.76. The van der Waals surface area contributed by atoms with Gasteiger partial charge in [0.2, 0.25) is 0 Å². The summed E-state index contributed by atoms with van der Waals surface area (Å²) >= 11 is 3.54. The number of halogens is 1. The van der Waals surface area contributed by atoms with E-state index in [0.29, 0.717) is 6.61 Å². The average Bonchev–Trinajstić information content (AvgIpc) is 2.31. The molecule has 2 aromatic rings. The number of aromatic nitrogens is 1. The van der Waals surface area contributed by atoms with Crippen LogP contribution < -0.4 is 5.32 Å². The molecule has 2 rings (SSSR count). The van der Waals surface area contributed by atoms with Gasteiger partial charge in [0, 0.05) is 29.2 Å². The van der Waals surface area contributed by atoms with Gasteiger partial charge < -0.3 is 10.1 Å². The van der Waals surface area contributed by atoms with Crippen LogP contribution in [0.2, 0.25) is 0 Å². The van der Waals surface area contributed by atoms with Crippen LogP contribution in [0.5, 0.6) is 0 Å². The standard InChI is InChI=1S/C13H15BrN2O/c1-3-15-12-7-9(8-17-2)16-13-10(12)5-4-6-11(13)14/h4-7H,3,8H2,1-2H3,(H,15,16). The first-order valence-electron chi connectivity index (χ1n) is 5.57. The summed E-state index contributed by atoms with van der Waals surface area (Å²) in [6.45, 7) is 3.49. The van der Waals surface area contributed by atoms with E-state index in [2.05, 4.69) is 39.2 Å². The number of anilines is 1. The Morgan fingerprint density at radius 2 is 2.24 bits per heavy atom. The molecular formula is C13H15BrN2O. The number of hydrogen-bond donors (Lipinski definition) is 1. The third kappa shape index (κ3) is 2.58. The zero-order valence-corrected chi connectivity index (χ0v) is 11.5. The summed E-state index contributed by atoms with van der Waals surface area (Å²) in [6.07, 6.45) is 0. The molecule has 3 nitrogen and oxygen atoms in total. The molecule has 0 aliphatic heterocycles. The maximum absolute atomic E-state index is 5.14. The van der Waals surface area contributed by atoms with Crippen LogP contribution in [0.4, 0.5) is 5.69 Å². The Kier molecular flexibility index (Phi) is 3.97. The lowest BCUT2D eigenvalue weighted by atomic mass is 10.1. The van der Waals surface area contributed by atoms with Gasteiger partial charge in [-0.15, -0.1) is 0 Å². The third-order valence-corrected chi connectivity index (χ3v) is 3.14. The first-order valence-corrected chi connectivity index (χ1v) is 6.36. The molecule has 4 heteroatoms. The minimum Gasteiger partial charge on any atom is -0.385 e. The summed E-state index contributed by atoms with van der Waals surface area (Å²) in [7, 11) is 1.68. The molecule has 0 aliphatic rings. The minimum absolute atomic E-state index is 0.523. The first-order chi connectivity index (χ1) is 8.26. The maximum atomic E-state index is 5.14. The van der Waals surface area contributed by atoms with Crippen LogP contribution >= 0.6 is 15.9 Å². The van der Waals surface area contributed by atoms with Gasteiger partial charge in [-0.2, -0.15) is 0 Å².